The fourth-order valence-electron chi connectivity index (χ4n) is 2.43. The first kappa shape index (κ1) is 12.9. The predicted molar refractivity (Wildman–Crippen MR) is 79.4 cm³/mol. The van der Waals surface area contributed by atoms with Crippen LogP contribution in [0, 0.1) is 6.92 Å². The third-order valence-corrected chi connectivity index (χ3v) is 4.01. The molecule has 0 aliphatic heterocycles. The first-order valence-corrected chi connectivity index (χ1v) is 6.70. The summed E-state index contributed by atoms with van der Waals surface area (Å²) in [5.74, 6) is 0. The molecular weight excluding hydrogens is 274 g/mol. The van der Waals surface area contributed by atoms with Crippen molar-refractivity contribution in [1.29, 1.82) is 0 Å². The fourth-order valence-corrected chi connectivity index (χ4v) is 2.65. The minimum absolute atomic E-state index is 0.627. The van der Waals surface area contributed by atoms with Gasteiger partial charge in [0.15, 0.2) is 0 Å². The largest absolute Gasteiger partial charge is 0.341 e. The van der Waals surface area contributed by atoms with Gasteiger partial charge in [0, 0.05) is 24.3 Å². The van der Waals surface area contributed by atoms with Crippen molar-refractivity contribution in [3.8, 4) is 0 Å². The molecule has 0 N–H and O–H groups in total. The number of carbonyl (C=O) groups excluding carboxylic acids is 1. The molecule has 0 fully saturated rings. The molecule has 1 aromatic carbocycles. The highest BCUT2D eigenvalue weighted by atomic mass is 35.5. The number of carbonyl (C=O) groups is 1. The number of aldehydes is 1. The molecule has 102 valence electrons. The Morgan fingerprint density at radius 1 is 1.35 bits per heavy atom. The van der Waals surface area contributed by atoms with Gasteiger partial charge in [-0.3, -0.25) is 9.48 Å². The second-order valence-electron chi connectivity index (χ2n) is 4.85. The zero-order valence-electron chi connectivity index (χ0n) is 11.3. The average molecular weight is 288 g/mol. The third-order valence-electron chi connectivity index (χ3n) is 3.52. The second-order valence-corrected chi connectivity index (χ2v) is 5.23. The Labute approximate surface area is 121 Å². The molecule has 3 rings (SSSR count). The highest BCUT2D eigenvalue weighted by Crippen LogP contribution is 2.23. The predicted octanol–water partition coefficient (Wildman–Crippen LogP) is 3.20. The van der Waals surface area contributed by atoms with Gasteiger partial charge in [0.25, 0.3) is 0 Å². The Bertz CT molecular complexity index is 801. The average Bonchev–Trinajstić information content (AvgIpc) is 2.95. The Hall–Kier alpha value is -2.07. The SMILES string of the molecule is Cc1nn(C)c(Cn2ccc3ccc(C=O)cc32)c1Cl. The van der Waals surface area contributed by atoms with Gasteiger partial charge in [-0.05, 0) is 24.4 Å². The number of rotatable bonds is 3. The van der Waals surface area contributed by atoms with Crippen LogP contribution in [0.4, 0.5) is 0 Å². The van der Waals surface area contributed by atoms with Crippen molar-refractivity contribution >= 4 is 28.8 Å². The number of hydrogen-bond donors (Lipinski definition) is 0. The van der Waals surface area contributed by atoms with Crippen molar-refractivity contribution in [1.82, 2.24) is 14.3 Å². The lowest BCUT2D eigenvalue weighted by molar-refractivity contribution is 0.112. The Balaban J connectivity index is 2.08. The maximum atomic E-state index is 10.9. The van der Waals surface area contributed by atoms with Gasteiger partial charge in [-0.1, -0.05) is 23.7 Å². The minimum Gasteiger partial charge on any atom is -0.341 e. The molecule has 2 heterocycles. The number of halogens is 1. The topological polar surface area (TPSA) is 39.8 Å². The van der Waals surface area contributed by atoms with Crippen molar-refractivity contribution in [2.24, 2.45) is 7.05 Å². The summed E-state index contributed by atoms with van der Waals surface area (Å²) in [6.45, 7) is 2.52. The number of benzene rings is 1. The number of nitrogens with zero attached hydrogens (tertiary/aromatic N) is 3. The molecule has 0 radical (unpaired) electrons. The van der Waals surface area contributed by atoms with Crippen molar-refractivity contribution in [3.05, 3.63) is 52.4 Å². The van der Waals surface area contributed by atoms with E-state index in [1.807, 2.05) is 44.4 Å². The van der Waals surface area contributed by atoms with Crippen LogP contribution in [-0.2, 0) is 13.6 Å². The molecule has 0 saturated carbocycles. The van der Waals surface area contributed by atoms with E-state index in [4.69, 9.17) is 11.6 Å². The number of aryl methyl sites for hydroxylation is 2. The van der Waals surface area contributed by atoms with Crippen LogP contribution in [0.3, 0.4) is 0 Å². The van der Waals surface area contributed by atoms with Crippen LogP contribution in [0.5, 0.6) is 0 Å². The van der Waals surface area contributed by atoms with E-state index < -0.39 is 0 Å². The number of fused-ring (bicyclic) bond motifs is 1. The van der Waals surface area contributed by atoms with Crippen molar-refractivity contribution < 1.29 is 4.79 Å². The van der Waals surface area contributed by atoms with E-state index in [1.165, 1.54) is 0 Å². The van der Waals surface area contributed by atoms with Crippen molar-refractivity contribution in [2.75, 3.05) is 0 Å². The number of hydrogen-bond acceptors (Lipinski definition) is 2. The van der Waals surface area contributed by atoms with E-state index in [9.17, 15) is 4.79 Å². The molecule has 2 aromatic heterocycles. The van der Waals surface area contributed by atoms with E-state index in [0.29, 0.717) is 17.1 Å². The minimum atomic E-state index is 0.627. The van der Waals surface area contributed by atoms with Gasteiger partial charge in [-0.25, -0.2) is 0 Å². The van der Waals surface area contributed by atoms with Gasteiger partial charge in [0.05, 0.1) is 23.0 Å². The standard InChI is InChI=1S/C15H14ClN3O/c1-10-15(16)14(18(2)17-10)8-19-6-5-12-4-3-11(9-20)7-13(12)19/h3-7,9H,8H2,1-2H3. The van der Waals surface area contributed by atoms with E-state index in [2.05, 4.69) is 9.67 Å². The van der Waals surface area contributed by atoms with Gasteiger partial charge in [0.2, 0.25) is 0 Å². The normalized spacial score (nSPS) is 11.2. The summed E-state index contributed by atoms with van der Waals surface area (Å²) < 4.78 is 3.87. The lowest BCUT2D eigenvalue weighted by Gasteiger charge is -2.07. The molecule has 3 aromatic rings. The molecule has 0 bridgehead atoms. The zero-order chi connectivity index (χ0) is 14.3. The summed E-state index contributed by atoms with van der Waals surface area (Å²) in [6.07, 6.45) is 2.86. The van der Waals surface area contributed by atoms with Gasteiger partial charge in [-0.2, -0.15) is 5.10 Å². The lowest BCUT2D eigenvalue weighted by Crippen LogP contribution is -2.05. The molecule has 0 atom stereocenters. The van der Waals surface area contributed by atoms with Crippen LogP contribution in [0.15, 0.2) is 30.5 Å². The van der Waals surface area contributed by atoms with Gasteiger partial charge in [0.1, 0.15) is 6.29 Å². The van der Waals surface area contributed by atoms with Crippen molar-refractivity contribution in [2.45, 2.75) is 13.5 Å². The number of aromatic nitrogens is 3. The monoisotopic (exact) mass is 287 g/mol. The fraction of sp³-hybridized carbons (Fsp3) is 0.200. The zero-order valence-corrected chi connectivity index (χ0v) is 12.1. The maximum Gasteiger partial charge on any atom is 0.150 e. The summed E-state index contributed by atoms with van der Waals surface area (Å²) in [5, 5.41) is 6.12. The molecule has 0 spiro atoms. The Morgan fingerprint density at radius 3 is 2.80 bits per heavy atom. The van der Waals surface area contributed by atoms with Crippen LogP contribution in [0.2, 0.25) is 5.02 Å². The van der Waals surface area contributed by atoms with E-state index >= 15 is 0 Å². The Kier molecular flexibility index (Phi) is 3.10. The highest BCUT2D eigenvalue weighted by Gasteiger charge is 2.12. The summed E-state index contributed by atoms with van der Waals surface area (Å²) in [4.78, 5) is 10.9. The first-order chi connectivity index (χ1) is 9.60. The Morgan fingerprint density at radius 2 is 2.15 bits per heavy atom. The van der Waals surface area contributed by atoms with Gasteiger partial charge < -0.3 is 4.57 Å². The first-order valence-electron chi connectivity index (χ1n) is 6.32. The molecule has 0 saturated heterocycles. The molecule has 0 amide bonds. The summed E-state index contributed by atoms with van der Waals surface area (Å²) in [7, 11) is 1.89. The summed E-state index contributed by atoms with van der Waals surface area (Å²) >= 11 is 6.29. The van der Waals surface area contributed by atoms with Crippen LogP contribution in [0.25, 0.3) is 10.9 Å². The molecule has 5 heteroatoms. The highest BCUT2D eigenvalue weighted by molar-refractivity contribution is 6.31. The van der Waals surface area contributed by atoms with Crippen LogP contribution in [0.1, 0.15) is 21.7 Å². The van der Waals surface area contributed by atoms with Gasteiger partial charge in [-0.15, -0.1) is 0 Å². The van der Waals surface area contributed by atoms with E-state index in [1.54, 1.807) is 4.68 Å². The second kappa shape index (κ2) is 4.80. The molecular formula is C15H14ClN3O. The third kappa shape index (κ3) is 2.02. The van der Waals surface area contributed by atoms with Crippen molar-refractivity contribution in [3.63, 3.8) is 0 Å². The van der Waals surface area contributed by atoms with E-state index in [0.717, 1.165) is 28.6 Å². The molecule has 4 nitrogen and oxygen atoms in total. The van der Waals surface area contributed by atoms with Crippen LogP contribution < -0.4 is 0 Å². The molecule has 20 heavy (non-hydrogen) atoms. The quantitative estimate of drug-likeness (QED) is 0.694. The smallest absolute Gasteiger partial charge is 0.150 e. The lowest BCUT2D eigenvalue weighted by atomic mass is 10.2. The molecule has 0 unspecified atom stereocenters. The molecule has 0 aliphatic carbocycles. The van der Waals surface area contributed by atoms with E-state index in [-0.39, 0.29) is 0 Å². The summed E-state index contributed by atoms with van der Waals surface area (Å²) in [5.41, 5.74) is 3.47. The maximum absolute atomic E-state index is 10.9. The molecule has 0 aliphatic rings. The van der Waals surface area contributed by atoms with Gasteiger partial charge >= 0.3 is 0 Å². The summed E-state index contributed by atoms with van der Waals surface area (Å²) in [6, 6.07) is 7.69. The van der Waals surface area contributed by atoms with Crippen LogP contribution in [-0.4, -0.2) is 20.6 Å². The van der Waals surface area contributed by atoms with Crippen LogP contribution >= 0.6 is 11.6 Å².